The van der Waals surface area contributed by atoms with Gasteiger partial charge in [-0.05, 0) is 24.5 Å². The van der Waals surface area contributed by atoms with Gasteiger partial charge in [0.1, 0.15) is 0 Å². The van der Waals surface area contributed by atoms with Gasteiger partial charge in [0.15, 0.2) is 0 Å². The second-order valence-corrected chi connectivity index (χ2v) is 5.00. The molecule has 2 aromatic rings. The van der Waals surface area contributed by atoms with Crippen LogP contribution in [0.2, 0.25) is 0 Å². The third-order valence-electron chi connectivity index (χ3n) is 3.53. The van der Waals surface area contributed by atoms with Crippen LogP contribution >= 0.6 is 0 Å². The summed E-state index contributed by atoms with van der Waals surface area (Å²) in [5, 5.41) is 4.77. The molecule has 0 bridgehead atoms. The van der Waals surface area contributed by atoms with Crippen LogP contribution in [0.1, 0.15) is 24.4 Å². The SMILES string of the molecule is Cn1cc(C(N)CNC2CC2)c2ccccc21. The Kier molecular flexibility index (Phi) is 2.65. The first kappa shape index (κ1) is 10.8. The van der Waals surface area contributed by atoms with E-state index >= 15 is 0 Å². The number of benzene rings is 1. The lowest BCUT2D eigenvalue weighted by Gasteiger charge is -2.11. The van der Waals surface area contributed by atoms with E-state index in [-0.39, 0.29) is 6.04 Å². The molecule has 1 aliphatic rings. The van der Waals surface area contributed by atoms with Gasteiger partial charge in [0.2, 0.25) is 0 Å². The number of aromatic nitrogens is 1. The van der Waals surface area contributed by atoms with Crippen molar-refractivity contribution < 1.29 is 0 Å². The van der Waals surface area contributed by atoms with Gasteiger partial charge in [-0.1, -0.05) is 18.2 Å². The van der Waals surface area contributed by atoms with Gasteiger partial charge in [-0.2, -0.15) is 0 Å². The first-order valence-corrected chi connectivity index (χ1v) is 6.28. The lowest BCUT2D eigenvalue weighted by Crippen LogP contribution is -2.28. The highest BCUT2D eigenvalue weighted by molar-refractivity contribution is 5.84. The third kappa shape index (κ3) is 2.08. The summed E-state index contributed by atoms with van der Waals surface area (Å²) in [4.78, 5) is 0. The normalized spacial score (nSPS) is 17.5. The molecule has 1 heterocycles. The lowest BCUT2D eigenvalue weighted by atomic mass is 10.1. The van der Waals surface area contributed by atoms with Crippen molar-refractivity contribution in [3.8, 4) is 0 Å². The van der Waals surface area contributed by atoms with E-state index in [1.807, 2.05) is 0 Å². The predicted octanol–water partition coefficient (Wildman–Crippen LogP) is 1.93. The number of rotatable bonds is 4. The largest absolute Gasteiger partial charge is 0.350 e. The van der Waals surface area contributed by atoms with Crippen molar-refractivity contribution in [3.63, 3.8) is 0 Å². The van der Waals surface area contributed by atoms with Crippen molar-refractivity contribution in [2.24, 2.45) is 12.8 Å². The van der Waals surface area contributed by atoms with Crippen LogP contribution in [-0.2, 0) is 7.05 Å². The van der Waals surface area contributed by atoms with Gasteiger partial charge in [-0.3, -0.25) is 0 Å². The van der Waals surface area contributed by atoms with E-state index in [1.54, 1.807) is 0 Å². The molecule has 1 fully saturated rings. The fourth-order valence-corrected chi connectivity index (χ4v) is 2.36. The molecule has 1 saturated carbocycles. The van der Waals surface area contributed by atoms with Gasteiger partial charge >= 0.3 is 0 Å². The summed E-state index contributed by atoms with van der Waals surface area (Å²) < 4.78 is 2.15. The maximum atomic E-state index is 6.27. The molecule has 3 rings (SSSR count). The Morgan fingerprint density at radius 1 is 1.41 bits per heavy atom. The molecule has 3 heteroatoms. The summed E-state index contributed by atoms with van der Waals surface area (Å²) >= 11 is 0. The molecule has 1 aromatic carbocycles. The average molecular weight is 229 g/mol. The highest BCUT2D eigenvalue weighted by atomic mass is 15.0. The molecule has 1 aliphatic carbocycles. The summed E-state index contributed by atoms with van der Waals surface area (Å²) in [6, 6.07) is 9.24. The van der Waals surface area contributed by atoms with E-state index < -0.39 is 0 Å². The molecule has 0 aliphatic heterocycles. The molecule has 0 spiro atoms. The molecule has 1 unspecified atom stereocenters. The zero-order chi connectivity index (χ0) is 11.8. The zero-order valence-electron chi connectivity index (χ0n) is 10.2. The van der Waals surface area contributed by atoms with Crippen LogP contribution in [0.3, 0.4) is 0 Å². The molecule has 3 N–H and O–H groups in total. The molecule has 0 radical (unpaired) electrons. The average Bonchev–Trinajstić information content (AvgIpc) is 3.11. The van der Waals surface area contributed by atoms with E-state index in [1.165, 1.54) is 29.3 Å². The van der Waals surface area contributed by atoms with Crippen molar-refractivity contribution >= 4 is 10.9 Å². The summed E-state index contributed by atoms with van der Waals surface area (Å²) in [6.07, 6.45) is 4.77. The number of hydrogen-bond donors (Lipinski definition) is 2. The molecule has 17 heavy (non-hydrogen) atoms. The molecular weight excluding hydrogens is 210 g/mol. The number of aryl methyl sites for hydroxylation is 1. The fourth-order valence-electron chi connectivity index (χ4n) is 2.36. The van der Waals surface area contributed by atoms with Crippen LogP contribution < -0.4 is 11.1 Å². The topological polar surface area (TPSA) is 43.0 Å². The first-order chi connectivity index (χ1) is 8.25. The molecule has 1 atom stereocenters. The zero-order valence-corrected chi connectivity index (χ0v) is 10.2. The maximum absolute atomic E-state index is 6.27. The van der Waals surface area contributed by atoms with Crippen LogP contribution in [0.15, 0.2) is 30.5 Å². The van der Waals surface area contributed by atoms with E-state index in [0.717, 1.165) is 12.6 Å². The molecule has 0 amide bonds. The minimum Gasteiger partial charge on any atom is -0.350 e. The van der Waals surface area contributed by atoms with Crippen molar-refractivity contribution in [2.45, 2.75) is 24.9 Å². The van der Waals surface area contributed by atoms with Gasteiger partial charge in [-0.15, -0.1) is 0 Å². The van der Waals surface area contributed by atoms with Crippen molar-refractivity contribution in [2.75, 3.05) is 6.54 Å². The standard InChI is InChI=1S/C14H19N3/c1-17-9-12(11-4-2-3-5-14(11)17)13(15)8-16-10-6-7-10/h2-5,9-10,13,16H,6-8,15H2,1H3. The Bertz CT molecular complexity index is 525. The number of hydrogen-bond acceptors (Lipinski definition) is 2. The number of nitrogens with zero attached hydrogens (tertiary/aromatic N) is 1. The molecular formula is C14H19N3. The number of nitrogens with two attached hydrogens (primary N) is 1. The molecule has 90 valence electrons. The summed E-state index contributed by atoms with van der Waals surface area (Å²) in [5.41, 5.74) is 8.78. The maximum Gasteiger partial charge on any atom is 0.0481 e. The van der Waals surface area contributed by atoms with E-state index in [2.05, 4.69) is 47.4 Å². The monoisotopic (exact) mass is 229 g/mol. The number of nitrogens with one attached hydrogen (secondary N) is 1. The highest BCUT2D eigenvalue weighted by Gasteiger charge is 2.22. The van der Waals surface area contributed by atoms with Crippen LogP contribution in [0.5, 0.6) is 0 Å². The predicted molar refractivity (Wildman–Crippen MR) is 70.9 cm³/mol. The Morgan fingerprint density at radius 3 is 2.94 bits per heavy atom. The van der Waals surface area contributed by atoms with E-state index in [0.29, 0.717) is 0 Å². The Balaban J connectivity index is 1.87. The Labute approximate surface area is 102 Å². The molecule has 0 saturated heterocycles. The van der Waals surface area contributed by atoms with Crippen LogP contribution in [0.4, 0.5) is 0 Å². The van der Waals surface area contributed by atoms with Crippen molar-refractivity contribution in [1.29, 1.82) is 0 Å². The molecule has 1 aromatic heterocycles. The lowest BCUT2D eigenvalue weighted by molar-refractivity contribution is 0.596. The number of fused-ring (bicyclic) bond motifs is 1. The smallest absolute Gasteiger partial charge is 0.0481 e. The van der Waals surface area contributed by atoms with Gasteiger partial charge in [-0.25, -0.2) is 0 Å². The minimum absolute atomic E-state index is 0.0849. The number of para-hydroxylation sites is 1. The van der Waals surface area contributed by atoms with E-state index in [9.17, 15) is 0 Å². The minimum atomic E-state index is 0.0849. The second-order valence-electron chi connectivity index (χ2n) is 5.00. The quantitative estimate of drug-likeness (QED) is 0.841. The van der Waals surface area contributed by atoms with Crippen LogP contribution in [0, 0.1) is 0 Å². The summed E-state index contributed by atoms with van der Waals surface area (Å²) in [7, 11) is 2.08. The summed E-state index contributed by atoms with van der Waals surface area (Å²) in [6.45, 7) is 0.874. The summed E-state index contributed by atoms with van der Waals surface area (Å²) in [5.74, 6) is 0. The van der Waals surface area contributed by atoms with Gasteiger partial charge in [0.25, 0.3) is 0 Å². The van der Waals surface area contributed by atoms with Gasteiger partial charge in [0.05, 0.1) is 0 Å². The van der Waals surface area contributed by atoms with Crippen LogP contribution in [0.25, 0.3) is 10.9 Å². The Hall–Kier alpha value is -1.32. The van der Waals surface area contributed by atoms with Crippen LogP contribution in [-0.4, -0.2) is 17.2 Å². The third-order valence-corrected chi connectivity index (χ3v) is 3.53. The Morgan fingerprint density at radius 2 is 2.18 bits per heavy atom. The van der Waals surface area contributed by atoms with Gasteiger partial charge < -0.3 is 15.6 Å². The van der Waals surface area contributed by atoms with E-state index in [4.69, 9.17) is 5.73 Å². The molecule has 3 nitrogen and oxygen atoms in total. The first-order valence-electron chi connectivity index (χ1n) is 6.28. The van der Waals surface area contributed by atoms with Gasteiger partial charge in [0, 0.05) is 42.8 Å². The van der Waals surface area contributed by atoms with Crippen molar-refractivity contribution in [1.82, 2.24) is 9.88 Å². The fraction of sp³-hybridized carbons (Fsp3) is 0.429. The van der Waals surface area contributed by atoms with Crippen molar-refractivity contribution in [3.05, 3.63) is 36.0 Å². The second kappa shape index (κ2) is 4.17. The highest BCUT2D eigenvalue weighted by Crippen LogP contribution is 2.25.